The Balaban J connectivity index is 3.33. The molecule has 0 unspecified atom stereocenters. The van der Waals surface area contributed by atoms with Gasteiger partial charge >= 0.3 is 5.97 Å². The number of rotatable bonds is 5. The minimum Gasteiger partial charge on any atom is -0.465 e. The van der Waals surface area contributed by atoms with Gasteiger partial charge in [-0.15, -0.1) is 0 Å². The summed E-state index contributed by atoms with van der Waals surface area (Å²) in [5, 5.41) is 10.7. The van der Waals surface area contributed by atoms with E-state index in [0.717, 1.165) is 23.9 Å². The zero-order valence-corrected chi connectivity index (χ0v) is 9.91. The molecule has 1 heterocycles. The lowest BCUT2D eigenvalue weighted by atomic mass is 10.2. The van der Waals surface area contributed by atoms with Crippen LogP contribution in [0.4, 0.5) is 5.69 Å². The number of aromatic nitrogens is 1. The van der Waals surface area contributed by atoms with E-state index in [-0.39, 0.29) is 24.4 Å². The number of hydrogen-bond donors (Lipinski definition) is 0. The van der Waals surface area contributed by atoms with Crippen molar-refractivity contribution in [2.45, 2.75) is 6.54 Å². The van der Waals surface area contributed by atoms with Gasteiger partial charge in [-0.05, 0) is 0 Å². The fraction of sp³-hybridized carbons (Fsp3) is 0.400. The number of nitrogens with zero attached hydrogens (tertiary/aromatic N) is 2. The summed E-state index contributed by atoms with van der Waals surface area (Å²) in [7, 11) is 2.53. The van der Waals surface area contributed by atoms with E-state index in [1.165, 1.54) is 7.11 Å². The van der Waals surface area contributed by atoms with Crippen molar-refractivity contribution in [3.8, 4) is 0 Å². The first-order valence-corrected chi connectivity index (χ1v) is 4.97. The molecule has 0 fully saturated rings. The SMILES string of the molecule is COCCn1cc([N+](=O)[O-])cc(C(=O)OC)c1=O. The largest absolute Gasteiger partial charge is 0.465 e. The zero-order chi connectivity index (χ0) is 13.7. The van der Waals surface area contributed by atoms with Crippen molar-refractivity contribution in [2.24, 2.45) is 0 Å². The highest BCUT2D eigenvalue weighted by Crippen LogP contribution is 2.10. The lowest BCUT2D eigenvalue weighted by Gasteiger charge is -2.06. The van der Waals surface area contributed by atoms with Crippen LogP contribution in [-0.2, 0) is 16.0 Å². The van der Waals surface area contributed by atoms with Crippen LogP contribution in [-0.4, -0.2) is 36.3 Å². The second-order valence-electron chi connectivity index (χ2n) is 3.35. The van der Waals surface area contributed by atoms with E-state index in [0.29, 0.717) is 0 Å². The lowest BCUT2D eigenvalue weighted by Crippen LogP contribution is -2.28. The van der Waals surface area contributed by atoms with Gasteiger partial charge in [0.2, 0.25) is 0 Å². The highest BCUT2D eigenvalue weighted by Gasteiger charge is 2.19. The van der Waals surface area contributed by atoms with Gasteiger partial charge in [-0.1, -0.05) is 0 Å². The van der Waals surface area contributed by atoms with E-state index in [1.54, 1.807) is 0 Å². The summed E-state index contributed by atoms with van der Waals surface area (Å²) in [6.07, 6.45) is 1.06. The van der Waals surface area contributed by atoms with Gasteiger partial charge in [0.1, 0.15) is 5.56 Å². The van der Waals surface area contributed by atoms with Gasteiger partial charge in [0.15, 0.2) is 0 Å². The van der Waals surface area contributed by atoms with Crippen LogP contribution in [0.3, 0.4) is 0 Å². The van der Waals surface area contributed by atoms with E-state index in [2.05, 4.69) is 4.74 Å². The Bertz CT molecular complexity index is 522. The summed E-state index contributed by atoms with van der Waals surface area (Å²) in [6, 6.07) is 0.900. The molecule has 8 heteroatoms. The molecule has 0 saturated heterocycles. The molecule has 0 bridgehead atoms. The first-order chi connectivity index (χ1) is 8.51. The third-order valence-corrected chi connectivity index (χ3v) is 2.22. The van der Waals surface area contributed by atoms with Crippen molar-refractivity contribution >= 4 is 11.7 Å². The molecule has 1 aromatic rings. The minimum absolute atomic E-state index is 0.112. The molecule has 0 radical (unpaired) electrons. The van der Waals surface area contributed by atoms with Gasteiger partial charge in [0, 0.05) is 19.7 Å². The summed E-state index contributed by atoms with van der Waals surface area (Å²) < 4.78 is 10.2. The topological polar surface area (TPSA) is 101 Å². The first-order valence-electron chi connectivity index (χ1n) is 4.97. The predicted molar refractivity (Wildman–Crippen MR) is 60.6 cm³/mol. The Labute approximate surface area is 102 Å². The summed E-state index contributed by atoms with van der Waals surface area (Å²) in [4.78, 5) is 33.2. The smallest absolute Gasteiger partial charge is 0.343 e. The molecular weight excluding hydrogens is 244 g/mol. The van der Waals surface area contributed by atoms with E-state index in [1.807, 2.05) is 0 Å². The van der Waals surface area contributed by atoms with E-state index in [4.69, 9.17) is 4.74 Å². The molecule has 0 N–H and O–H groups in total. The summed E-state index contributed by atoms with van der Waals surface area (Å²) in [5.41, 5.74) is -1.38. The van der Waals surface area contributed by atoms with Crippen molar-refractivity contribution in [1.82, 2.24) is 4.57 Å². The molecular formula is C10H12N2O6. The van der Waals surface area contributed by atoms with Crippen molar-refractivity contribution in [3.05, 3.63) is 38.3 Å². The first kappa shape index (κ1) is 13.8. The predicted octanol–water partition coefficient (Wildman–Crippen LogP) is 0.190. The van der Waals surface area contributed by atoms with Crippen molar-refractivity contribution in [2.75, 3.05) is 20.8 Å². The van der Waals surface area contributed by atoms with Crippen LogP contribution in [0, 0.1) is 10.1 Å². The molecule has 0 saturated carbocycles. The Morgan fingerprint density at radius 3 is 2.67 bits per heavy atom. The molecule has 0 atom stereocenters. The maximum absolute atomic E-state index is 11.8. The molecule has 8 nitrogen and oxygen atoms in total. The van der Waals surface area contributed by atoms with Gasteiger partial charge in [-0.2, -0.15) is 0 Å². The molecule has 0 aliphatic heterocycles. The van der Waals surface area contributed by atoms with Crippen LogP contribution in [0.2, 0.25) is 0 Å². The van der Waals surface area contributed by atoms with Crippen LogP contribution in [0.5, 0.6) is 0 Å². The number of esters is 1. The fourth-order valence-corrected chi connectivity index (χ4v) is 1.33. The van der Waals surface area contributed by atoms with Gasteiger partial charge in [0.05, 0.1) is 24.8 Å². The van der Waals surface area contributed by atoms with Crippen LogP contribution in [0.1, 0.15) is 10.4 Å². The quantitative estimate of drug-likeness (QED) is 0.423. The van der Waals surface area contributed by atoms with Gasteiger partial charge in [-0.25, -0.2) is 4.79 Å². The number of hydrogen-bond acceptors (Lipinski definition) is 6. The number of nitro groups is 1. The molecule has 1 rings (SSSR count). The number of methoxy groups -OCH3 is 2. The molecule has 0 amide bonds. The average Bonchev–Trinajstić information content (AvgIpc) is 2.36. The van der Waals surface area contributed by atoms with Crippen molar-refractivity contribution < 1.29 is 19.2 Å². The lowest BCUT2D eigenvalue weighted by molar-refractivity contribution is -0.385. The van der Waals surface area contributed by atoms with E-state index < -0.39 is 16.5 Å². The normalized spacial score (nSPS) is 10.1. The molecule has 0 aliphatic rings. The average molecular weight is 256 g/mol. The third kappa shape index (κ3) is 2.92. The van der Waals surface area contributed by atoms with Crippen LogP contribution in [0.25, 0.3) is 0 Å². The Morgan fingerprint density at radius 2 is 2.17 bits per heavy atom. The van der Waals surface area contributed by atoms with Crippen LogP contribution in [0.15, 0.2) is 17.1 Å². The molecule has 0 aromatic carbocycles. The number of carbonyl (C=O) groups excluding carboxylic acids is 1. The van der Waals surface area contributed by atoms with Crippen LogP contribution < -0.4 is 5.56 Å². The van der Waals surface area contributed by atoms with E-state index >= 15 is 0 Å². The number of pyridine rings is 1. The van der Waals surface area contributed by atoms with Crippen LogP contribution >= 0.6 is 0 Å². The standard InChI is InChI=1S/C10H12N2O6/c1-17-4-3-11-6-7(12(15)16)5-8(9(11)13)10(14)18-2/h5-6H,3-4H2,1-2H3. The van der Waals surface area contributed by atoms with Gasteiger partial charge in [0.25, 0.3) is 11.2 Å². The highest BCUT2D eigenvalue weighted by molar-refractivity contribution is 5.89. The Morgan fingerprint density at radius 1 is 1.50 bits per heavy atom. The minimum atomic E-state index is -0.908. The number of ether oxygens (including phenoxy) is 2. The van der Waals surface area contributed by atoms with Crippen molar-refractivity contribution in [3.63, 3.8) is 0 Å². The molecule has 98 valence electrons. The van der Waals surface area contributed by atoms with E-state index in [9.17, 15) is 19.7 Å². The molecule has 0 aliphatic carbocycles. The van der Waals surface area contributed by atoms with Gasteiger partial charge < -0.3 is 14.0 Å². The Kier molecular flexibility index (Phi) is 4.55. The molecule has 18 heavy (non-hydrogen) atoms. The number of carbonyl (C=O) groups is 1. The van der Waals surface area contributed by atoms with Gasteiger partial charge in [-0.3, -0.25) is 14.9 Å². The second-order valence-corrected chi connectivity index (χ2v) is 3.35. The maximum Gasteiger partial charge on any atom is 0.343 e. The highest BCUT2D eigenvalue weighted by atomic mass is 16.6. The summed E-state index contributed by atoms with van der Waals surface area (Å²) in [6.45, 7) is 0.308. The molecule has 0 spiro atoms. The molecule has 1 aromatic heterocycles. The Hall–Kier alpha value is -2.22. The zero-order valence-electron chi connectivity index (χ0n) is 9.91. The monoisotopic (exact) mass is 256 g/mol. The third-order valence-electron chi connectivity index (χ3n) is 2.22. The summed E-state index contributed by atoms with van der Waals surface area (Å²) >= 11 is 0. The van der Waals surface area contributed by atoms with Crippen molar-refractivity contribution in [1.29, 1.82) is 0 Å². The fourth-order valence-electron chi connectivity index (χ4n) is 1.33. The second kappa shape index (κ2) is 5.92. The summed E-state index contributed by atoms with van der Waals surface area (Å²) in [5.74, 6) is -0.908. The maximum atomic E-state index is 11.8.